The van der Waals surface area contributed by atoms with Gasteiger partial charge in [-0.25, -0.2) is 0 Å². The van der Waals surface area contributed by atoms with Gasteiger partial charge < -0.3 is 5.32 Å². The fraction of sp³-hybridized carbons (Fsp3) is 0.882. The SMILES string of the molecule is CS[C@@]1(NC2CCCCCCCCCCC2)NN=C(C)C(=O)N1. The second-order valence-electron chi connectivity index (χ2n) is 6.75. The molecule has 132 valence electrons. The van der Waals surface area contributed by atoms with Gasteiger partial charge in [-0.3, -0.25) is 15.5 Å². The van der Waals surface area contributed by atoms with Crippen LogP contribution in [0.3, 0.4) is 0 Å². The number of hydrogen-bond acceptors (Lipinski definition) is 5. The zero-order valence-corrected chi connectivity index (χ0v) is 15.4. The molecule has 0 radical (unpaired) electrons. The molecule has 0 spiro atoms. The first kappa shape index (κ1) is 18.6. The summed E-state index contributed by atoms with van der Waals surface area (Å²) in [7, 11) is 0. The van der Waals surface area contributed by atoms with Crippen molar-refractivity contribution in [3.8, 4) is 0 Å². The summed E-state index contributed by atoms with van der Waals surface area (Å²) in [4.78, 5) is 12.0. The van der Waals surface area contributed by atoms with Crippen LogP contribution >= 0.6 is 11.8 Å². The van der Waals surface area contributed by atoms with Gasteiger partial charge in [0.05, 0.1) is 0 Å². The lowest BCUT2D eigenvalue weighted by Crippen LogP contribution is -2.69. The van der Waals surface area contributed by atoms with Crippen LogP contribution in [0.15, 0.2) is 5.10 Å². The molecule has 1 aliphatic carbocycles. The van der Waals surface area contributed by atoms with Gasteiger partial charge in [0, 0.05) is 6.04 Å². The number of hydrogen-bond donors (Lipinski definition) is 3. The highest BCUT2D eigenvalue weighted by Crippen LogP contribution is 2.22. The molecule has 0 aromatic carbocycles. The maximum atomic E-state index is 12.0. The molecule has 2 rings (SSSR count). The van der Waals surface area contributed by atoms with Gasteiger partial charge >= 0.3 is 0 Å². The van der Waals surface area contributed by atoms with Crippen molar-refractivity contribution < 1.29 is 4.79 Å². The predicted octanol–water partition coefficient (Wildman–Crippen LogP) is 3.32. The van der Waals surface area contributed by atoms with Crippen LogP contribution in [0.2, 0.25) is 0 Å². The van der Waals surface area contributed by atoms with Gasteiger partial charge in [0.1, 0.15) is 5.71 Å². The standard InChI is InChI=1S/C17H32N4OS/c1-14-16(22)19-17(23-2,21-20-14)18-15-12-10-8-6-4-3-5-7-9-11-13-15/h15,18,21H,3-13H2,1-2H3,(H,19,22)/t17-/m1/s1. The van der Waals surface area contributed by atoms with Crippen LogP contribution in [0.4, 0.5) is 0 Å². The molecule has 0 bridgehead atoms. The summed E-state index contributed by atoms with van der Waals surface area (Å²) in [5.41, 5.74) is 3.59. The van der Waals surface area contributed by atoms with Gasteiger partial charge in [-0.1, -0.05) is 69.5 Å². The largest absolute Gasteiger partial charge is 0.306 e. The number of carbonyl (C=O) groups excluding carboxylic acids is 1. The molecule has 6 heteroatoms. The average Bonchev–Trinajstić information content (AvgIpc) is 2.54. The molecule has 2 aliphatic rings. The van der Waals surface area contributed by atoms with Crippen molar-refractivity contribution >= 4 is 23.4 Å². The molecule has 5 nitrogen and oxygen atoms in total. The Morgan fingerprint density at radius 1 is 1.04 bits per heavy atom. The Morgan fingerprint density at radius 3 is 2.04 bits per heavy atom. The minimum atomic E-state index is -0.668. The fourth-order valence-corrected chi connectivity index (χ4v) is 3.93. The Kier molecular flexibility index (Phi) is 7.70. The van der Waals surface area contributed by atoms with Gasteiger partial charge in [-0.15, -0.1) is 0 Å². The predicted molar refractivity (Wildman–Crippen MR) is 98.3 cm³/mol. The second kappa shape index (κ2) is 9.52. The summed E-state index contributed by atoms with van der Waals surface area (Å²) >= 11 is 1.56. The lowest BCUT2D eigenvalue weighted by Gasteiger charge is -2.39. The number of hydrazone groups is 1. The highest BCUT2D eigenvalue weighted by atomic mass is 32.2. The first-order chi connectivity index (χ1) is 11.2. The quantitative estimate of drug-likeness (QED) is 0.690. The Labute approximate surface area is 144 Å². The van der Waals surface area contributed by atoms with Gasteiger partial charge in [-0.05, 0) is 26.0 Å². The van der Waals surface area contributed by atoms with Crippen molar-refractivity contribution in [2.24, 2.45) is 5.10 Å². The van der Waals surface area contributed by atoms with E-state index in [-0.39, 0.29) is 5.91 Å². The lowest BCUT2D eigenvalue weighted by atomic mass is 9.98. The normalized spacial score (nSPS) is 28.8. The van der Waals surface area contributed by atoms with Crippen LogP contribution in [-0.2, 0) is 4.79 Å². The Balaban J connectivity index is 1.94. The molecule has 23 heavy (non-hydrogen) atoms. The van der Waals surface area contributed by atoms with E-state index in [2.05, 4.69) is 21.2 Å². The maximum absolute atomic E-state index is 12.0. The van der Waals surface area contributed by atoms with Crippen LogP contribution in [0, 0.1) is 0 Å². The minimum absolute atomic E-state index is 0.0984. The molecule has 1 amide bonds. The number of carbonyl (C=O) groups is 1. The number of amides is 1. The third-order valence-electron chi connectivity index (χ3n) is 4.82. The number of nitrogens with one attached hydrogen (secondary N) is 3. The zero-order valence-electron chi connectivity index (χ0n) is 14.6. The highest BCUT2D eigenvalue weighted by Gasteiger charge is 2.36. The topological polar surface area (TPSA) is 65.5 Å². The maximum Gasteiger partial charge on any atom is 0.270 e. The fourth-order valence-electron chi connectivity index (χ4n) is 3.31. The van der Waals surface area contributed by atoms with E-state index in [4.69, 9.17) is 0 Å². The molecule has 3 N–H and O–H groups in total. The molecular weight excluding hydrogens is 308 g/mol. The minimum Gasteiger partial charge on any atom is -0.306 e. The molecule has 0 unspecified atom stereocenters. The summed E-state index contributed by atoms with van der Waals surface area (Å²) in [6.45, 7) is 1.72. The van der Waals surface area contributed by atoms with Crippen molar-refractivity contribution in [1.82, 2.24) is 16.1 Å². The van der Waals surface area contributed by atoms with Crippen LogP contribution in [0.1, 0.15) is 77.6 Å². The number of thioether (sulfide) groups is 1. The van der Waals surface area contributed by atoms with E-state index in [0.717, 1.165) is 0 Å². The van der Waals surface area contributed by atoms with E-state index in [9.17, 15) is 4.79 Å². The molecule has 1 heterocycles. The van der Waals surface area contributed by atoms with E-state index in [0.29, 0.717) is 11.8 Å². The smallest absolute Gasteiger partial charge is 0.270 e. The van der Waals surface area contributed by atoms with Crippen molar-refractivity contribution in [1.29, 1.82) is 0 Å². The van der Waals surface area contributed by atoms with Crippen molar-refractivity contribution in [2.75, 3.05) is 6.26 Å². The Morgan fingerprint density at radius 2 is 1.57 bits per heavy atom. The van der Waals surface area contributed by atoms with Crippen molar-refractivity contribution in [2.45, 2.75) is 88.7 Å². The van der Waals surface area contributed by atoms with Crippen LogP contribution in [0.5, 0.6) is 0 Å². The van der Waals surface area contributed by atoms with Gasteiger partial charge in [0.25, 0.3) is 5.91 Å². The van der Waals surface area contributed by atoms with Gasteiger partial charge in [-0.2, -0.15) is 5.10 Å². The molecule has 0 saturated heterocycles. The van der Waals surface area contributed by atoms with E-state index in [1.807, 2.05) is 6.26 Å². The summed E-state index contributed by atoms with van der Waals surface area (Å²) in [6, 6.07) is 0.420. The van der Waals surface area contributed by atoms with E-state index >= 15 is 0 Å². The first-order valence-corrected chi connectivity index (χ1v) is 10.3. The highest BCUT2D eigenvalue weighted by molar-refractivity contribution is 7.99. The monoisotopic (exact) mass is 340 g/mol. The average molecular weight is 341 g/mol. The van der Waals surface area contributed by atoms with Crippen molar-refractivity contribution in [3.05, 3.63) is 0 Å². The second-order valence-corrected chi connectivity index (χ2v) is 7.77. The van der Waals surface area contributed by atoms with E-state index < -0.39 is 5.12 Å². The van der Waals surface area contributed by atoms with Gasteiger partial charge in [0.15, 0.2) is 0 Å². The first-order valence-electron chi connectivity index (χ1n) is 9.12. The molecule has 1 aliphatic heterocycles. The van der Waals surface area contributed by atoms with E-state index in [1.54, 1.807) is 18.7 Å². The molecule has 1 fully saturated rings. The molecule has 0 aromatic heterocycles. The summed E-state index contributed by atoms with van der Waals surface area (Å²) in [5.74, 6) is -0.0984. The summed E-state index contributed by atoms with van der Waals surface area (Å²) in [5, 5.41) is 10.2. The summed E-state index contributed by atoms with van der Waals surface area (Å²) < 4.78 is 0. The van der Waals surface area contributed by atoms with Crippen LogP contribution in [0.25, 0.3) is 0 Å². The molecule has 0 aromatic rings. The van der Waals surface area contributed by atoms with Gasteiger partial charge in [0.2, 0.25) is 5.12 Å². The molecule has 1 saturated carbocycles. The Hall–Kier alpha value is -0.750. The third kappa shape index (κ3) is 5.99. The zero-order chi connectivity index (χ0) is 16.5. The van der Waals surface area contributed by atoms with Crippen LogP contribution < -0.4 is 16.1 Å². The van der Waals surface area contributed by atoms with Crippen LogP contribution in [-0.4, -0.2) is 29.0 Å². The van der Waals surface area contributed by atoms with Crippen molar-refractivity contribution in [3.63, 3.8) is 0 Å². The van der Waals surface area contributed by atoms with E-state index in [1.165, 1.54) is 70.6 Å². The lowest BCUT2D eigenvalue weighted by molar-refractivity contribution is -0.117. The number of rotatable bonds is 3. The third-order valence-corrected chi connectivity index (χ3v) is 5.74. The Bertz CT molecular complexity index is 403. The number of nitrogens with zero attached hydrogens (tertiary/aromatic N) is 1. The molecular formula is C17H32N4OS. The molecule has 1 atom stereocenters. The summed E-state index contributed by atoms with van der Waals surface area (Å²) in [6.07, 6.45) is 16.4.